The van der Waals surface area contributed by atoms with Crippen LogP contribution in [-0.4, -0.2) is 28.1 Å². The molecular formula is C20H28ClN3O. The lowest BCUT2D eigenvalue weighted by atomic mass is 10.0. The van der Waals surface area contributed by atoms with Gasteiger partial charge in [-0.2, -0.15) is 0 Å². The van der Waals surface area contributed by atoms with Crippen molar-refractivity contribution in [2.24, 2.45) is 5.92 Å². The number of benzene rings is 1. The monoisotopic (exact) mass is 361 g/mol. The van der Waals surface area contributed by atoms with E-state index in [1.165, 1.54) is 0 Å². The summed E-state index contributed by atoms with van der Waals surface area (Å²) in [5.41, 5.74) is 2.25. The largest absolute Gasteiger partial charge is 0.345 e. The maximum atomic E-state index is 12.5. The zero-order chi connectivity index (χ0) is 18.4. The summed E-state index contributed by atoms with van der Waals surface area (Å²) >= 11 is 6.09. The third-order valence-electron chi connectivity index (χ3n) is 4.54. The molecule has 136 valence electrons. The molecule has 25 heavy (non-hydrogen) atoms. The van der Waals surface area contributed by atoms with Gasteiger partial charge in [0.1, 0.15) is 0 Å². The first-order chi connectivity index (χ1) is 11.9. The van der Waals surface area contributed by atoms with Crippen LogP contribution in [0.3, 0.4) is 0 Å². The second-order valence-corrected chi connectivity index (χ2v) is 7.14. The summed E-state index contributed by atoms with van der Waals surface area (Å²) in [7, 11) is 0. The lowest BCUT2D eigenvalue weighted by Crippen LogP contribution is -2.46. The lowest BCUT2D eigenvalue weighted by Gasteiger charge is -2.32. The van der Waals surface area contributed by atoms with Crippen LogP contribution in [0.2, 0.25) is 5.02 Å². The molecule has 0 aliphatic heterocycles. The van der Waals surface area contributed by atoms with Crippen LogP contribution >= 0.6 is 11.6 Å². The fourth-order valence-electron chi connectivity index (χ4n) is 2.77. The van der Waals surface area contributed by atoms with Crippen molar-refractivity contribution >= 4 is 17.6 Å². The highest BCUT2D eigenvalue weighted by molar-refractivity contribution is 6.30. The molecule has 0 spiro atoms. The Kier molecular flexibility index (Phi) is 6.94. The number of halogens is 1. The predicted octanol–water partition coefficient (Wildman–Crippen LogP) is 4.77. The first-order valence-electron chi connectivity index (χ1n) is 8.85. The summed E-state index contributed by atoms with van der Waals surface area (Å²) in [6, 6.07) is 12.1. The fourth-order valence-corrected chi connectivity index (χ4v) is 2.98. The Hall–Kier alpha value is -1.94. The molecule has 0 saturated heterocycles. The van der Waals surface area contributed by atoms with E-state index < -0.39 is 0 Å². The van der Waals surface area contributed by atoms with E-state index in [1.807, 2.05) is 42.3 Å². The highest BCUT2D eigenvalue weighted by Crippen LogP contribution is 2.18. The molecule has 1 atom stereocenters. The Morgan fingerprint density at radius 2 is 2.00 bits per heavy atom. The molecule has 1 aromatic heterocycles. The Morgan fingerprint density at radius 3 is 2.64 bits per heavy atom. The number of amides is 2. The zero-order valence-electron chi connectivity index (χ0n) is 15.5. The Bertz CT molecular complexity index is 696. The summed E-state index contributed by atoms with van der Waals surface area (Å²) in [5.74, 6) is 0.388. The number of nitrogens with zero attached hydrogens (tertiary/aromatic N) is 2. The van der Waals surface area contributed by atoms with E-state index in [0.29, 0.717) is 19.0 Å². The number of carbonyl (C=O) groups is 1. The van der Waals surface area contributed by atoms with Crippen LogP contribution in [0.5, 0.6) is 0 Å². The van der Waals surface area contributed by atoms with E-state index in [1.54, 1.807) is 0 Å². The smallest absolute Gasteiger partial charge is 0.317 e. The summed E-state index contributed by atoms with van der Waals surface area (Å²) < 4.78 is 2.17. The lowest BCUT2D eigenvalue weighted by molar-refractivity contribution is 0.156. The van der Waals surface area contributed by atoms with Gasteiger partial charge in [-0.1, -0.05) is 37.6 Å². The van der Waals surface area contributed by atoms with Gasteiger partial charge < -0.3 is 14.8 Å². The molecule has 2 rings (SSSR count). The second-order valence-electron chi connectivity index (χ2n) is 6.71. The van der Waals surface area contributed by atoms with Crippen molar-refractivity contribution in [2.75, 3.05) is 6.54 Å². The third kappa shape index (κ3) is 5.27. The average molecular weight is 362 g/mol. The van der Waals surface area contributed by atoms with Crippen LogP contribution in [0.4, 0.5) is 4.79 Å². The predicted molar refractivity (Wildman–Crippen MR) is 104 cm³/mol. The quantitative estimate of drug-likeness (QED) is 0.758. The first kappa shape index (κ1) is 19.4. The van der Waals surface area contributed by atoms with Crippen LogP contribution in [0.15, 0.2) is 42.6 Å². The van der Waals surface area contributed by atoms with Gasteiger partial charge in [-0.25, -0.2) is 4.79 Å². The molecule has 0 radical (unpaired) electrons. The standard InChI is InChI=1S/C20H28ClN3O/c1-5-22-20(25)24(16(4)15(2)3)14-19-10-7-11-23(19)13-17-8-6-9-18(21)12-17/h6-12,15-16H,5,13-14H2,1-4H3,(H,22,25)/t16-/m0/s1. The fraction of sp³-hybridized carbons (Fsp3) is 0.450. The van der Waals surface area contributed by atoms with Gasteiger partial charge in [0.05, 0.1) is 6.54 Å². The molecule has 0 bridgehead atoms. The molecule has 0 fully saturated rings. The normalized spacial score (nSPS) is 12.2. The molecule has 4 nitrogen and oxygen atoms in total. The molecule has 5 heteroatoms. The number of nitrogens with one attached hydrogen (secondary N) is 1. The minimum absolute atomic E-state index is 0.0146. The third-order valence-corrected chi connectivity index (χ3v) is 4.78. The van der Waals surface area contributed by atoms with Crippen LogP contribution in [0.1, 0.15) is 39.0 Å². The number of urea groups is 1. The van der Waals surface area contributed by atoms with Gasteiger partial charge in [-0.3, -0.25) is 0 Å². The Balaban J connectivity index is 2.19. The second kappa shape index (κ2) is 8.95. The summed E-state index contributed by atoms with van der Waals surface area (Å²) in [6.45, 7) is 10.3. The van der Waals surface area contributed by atoms with Crippen molar-refractivity contribution in [3.05, 3.63) is 58.9 Å². The van der Waals surface area contributed by atoms with Crippen molar-refractivity contribution < 1.29 is 4.79 Å². The van der Waals surface area contributed by atoms with E-state index in [4.69, 9.17) is 11.6 Å². The number of hydrogen-bond donors (Lipinski definition) is 1. The average Bonchev–Trinajstić information content (AvgIpc) is 2.99. The SMILES string of the molecule is CCNC(=O)N(Cc1cccn1Cc1cccc(Cl)c1)[C@@H](C)C(C)C. The molecule has 1 N–H and O–H groups in total. The van der Waals surface area contributed by atoms with E-state index in [2.05, 4.69) is 42.8 Å². The van der Waals surface area contributed by atoms with Crippen molar-refractivity contribution in [3.63, 3.8) is 0 Å². The van der Waals surface area contributed by atoms with Crippen molar-refractivity contribution in [1.82, 2.24) is 14.8 Å². The molecule has 1 heterocycles. The van der Waals surface area contributed by atoms with E-state index in [0.717, 1.165) is 22.8 Å². The maximum absolute atomic E-state index is 12.5. The zero-order valence-corrected chi connectivity index (χ0v) is 16.3. The first-order valence-corrected chi connectivity index (χ1v) is 9.23. The molecule has 0 saturated carbocycles. The molecule has 0 aliphatic rings. The van der Waals surface area contributed by atoms with Gasteiger partial charge in [-0.15, -0.1) is 0 Å². The molecular weight excluding hydrogens is 334 g/mol. The number of carbonyl (C=O) groups excluding carboxylic acids is 1. The van der Waals surface area contributed by atoms with Crippen LogP contribution in [-0.2, 0) is 13.1 Å². The van der Waals surface area contributed by atoms with Gasteiger partial charge in [-0.05, 0) is 49.6 Å². The maximum Gasteiger partial charge on any atom is 0.317 e. The number of hydrogen-bond acceptors (Lipinski definition) is 1. The van der Waals surface area contributed by atoms with Crippen LogP contribution in [0, 0.1) is 5.92 Å². The van der Waals surface area contributed by atoms with Crippen LogP contribution < -0.4 is 5.32 Å². The van der Waals surface area contributed by atoms with Gasteiger partial charge in [0.15, 0.2) is 0 Å². The van der Waals surface area contributed by atoms with Crippen molar-refractivity contribution in [1.29, 1.82) is 0 Å². The Labute approximate surface area is 155 Å². The van der Waals surface area contributed by atoms with Crippen molar-refractivity contribution in [3.8, 4) is 0 Å². The topological polar surface area (TPSA) is 37.3 Å². The summed E-state index contributed by atoms with van der Waals surface area (Å²) in [6.07, 6.45) is 2.05. The Morgan fingerprint density at radius 1 is 1.24 bits per heavy atom. The van der Waals surface area contributed by atoms with E-state index in [-0.39, 0.29) is 12.1 Å². The number of aromatic nitrogens is 1. The highest BCUT2D eigenvalue weighted by atomic mass is 35.5. The van der Waals surface area contributed by atoms with E-state index >= 15 is 0 Å². The van der Waals surface area contributed by atoms with Gasteiger partial charge >= 0.3 is 6.03 Å². The highest BCUT2D eigenvalue weighted by Gasteiger charge is 2.23. The van der Waals surface area contributed by atoms with Gasteiger partial charge in [0.25, 0.3) is 0 Å². The number of rotatable bonds is 7. The van der Waals surface area contributed by atoms with Crippen molar-refractivity contribution in [2.45, 2.75) is 46.8 Å². The summed E-state index contributed by atoms with van der Waals surface area (Å²) in [5, 5.41) is 3.67. The molecule has 0 unspecified atom stereocenters. The summed E-state index contributed by atoms with van der Waals surface area (Å²) in [4.78, 5) is 14.4. The van der Waals surface area contributed by atoms with Gasteiger partial charge in [0.2, 0.25) is 0 Å². The van der Waals surface area contributed by atoms with Gasteiger partial charge in [0, 0.05) is 36.0 Å². The molecule has 2 amide bonds. The molecule has 2 aromatic rings. The minimum Gasteiger partial charge on any atom is -0.345 e. The molecule has 0 aliphatic carbocycles. The van der Waals surface area contributed by atoms with Crippen LogP contribution in [0.25, 0.3) is 0 Å². The van der Waals surface area contributed by atoms with E-state index in [9.17, 15) is 4.79 Å². The molecule has 1 aromatic carbocycles. The minimum atomic E-state index is -0.0146.